The first kappa shape index (κ1) is 26.3. The summed E-state index contributed by atoms with van der Waals surface area (Å²) in [4.78, 5) is 53.8. The molecule has 2 aromatic carbocycles. The number of H-pyrrole nitrogens is 1. The van der Waals surface area contributed by atoms with Gasteiger partial charge in [-0.2, -0.15) is 0 Å². The van der Waals surface area contributed by atoms with Crippen molar-refractivity contribution >= 4 is 33.9 Å². The van der Waals surface area contributed by atoms with Gasteiger partial charge in [0.2, 0.25) is 0 Å². The number of carbonyl (C=O) groups excluding carboxylic acids is 2. The van der Waals surface area contributed by atoms with Gasteiger partial charge >= 0.3 is 17.6 Å². The first-order valence-corrected chi connectivity index (χ1v) is 12.5. The van der Waals surface area contributed by atoms with E-state index in [1.165, 1.54) is 21.8 Å². The molecule has 0 amide bonds. The average Bonchev–Trinajstić information content (AvgIpc) is 3.27. The number of hydrogen-bond acceptors (Lipinski definition) is 7. The van der Waals surface area contributed by atoms with Gasteiger partial charge in [-0.1, -0.05) is 51.3 Å². The monoisotopic (exact) mass is 568 g/mol. The van der Waals surface area contributed by atoms with Crippen LogP contribution in [0.3, 0.4) is 0 Å². The van der Waals surface area contributed by atoms with Gasteiger partial charge in [-0.15, -0.1) is 0 Å². The van der Waals surface area contributed by atoms with E-state index < -0.39 is 41.6 Å². The van der Waals surface area contributed by atoms with Gasteiger partial charge in [0.1, 0.15) is 25.0 Å². The van der Waals surface area contributed by atoms with Crippen LogP contribution >= 0.6 is 15.9 Å². The number of aromatic amines is 1. The first-order chi connectivity index (χ1) is 17.7. The molecule has 37 heavy (non-hydrogen) atoms. The molecule has 3 aromatic rings. The van der Waals surface area contributed by atoms with Gasteiger partial charge in [-0.05, 0) is 49.2 Å². The summed E-state index contributed by atoms with van der Waals surface area (Å²) in [6, 6.07) is 13.8. The Bertz CT molecular complexity index is 1420. The van der Waals surface area contributed by atoms with Crippen LogP contribution in [0.25, 0.3) is 6.08 Å². The Morgan fingerprint density at radius 3 is 2.22 bits per heavy atom. The SMILES string of the molecule is Cc1ccc(C(=O)OC[C@H]2O[C@@H](n3cc(/C=C/Br)c(=O)[nH]c3=O)C[C@@H]2OC(=O)c2ccc(C)cc2)cc1. The van der Waals surface area contributed by atoms with Gasteiger partial charge in [-0.3, -0.25) is 14.3 Å². The molecule has 3 atom stereocenters. The van der Waals surface area contributed by atoms with Crippen molar-refractivity contribution < 1.29 is 23.8 Å². The molecular weight excluding hydrogens is 544 g/mol. The van der Waals surface area contributed by atoms with Crippen molar-refractivity contribution in [2.45, 2.75) is 38.7 Å². The van der Waals surface area contributed by atoms with Gasteiger partial charge in [0, 0.05) is 12.6 Å². The lowest BCUT2D eigenvalue weighted by Gasteiger charge is -2.19. The lowest BCUT2D eigenvalue weighted by molar-refractivity contribution is -0.0582. The van der Waals surface area contributed by atoms with E-state index in [0.29, 0.717) is 11.1 Å². The number of rotatable bonds is 7. The van der Waals surface area contributed by atoms with Gasteiger partial charge in [0.25, 0.3) is 5.56 Å². The van der Waals surface area contributed by atoms with Gasteiger partial charge in [0.15, 0.2) is 0 Å². The zero-order valence-electron chi connectivity index (χ0n) is 20.2. The molecule has 1 aliphatic rings. The predicted molar refractivity (Wildman–Crippen MR) is 140 cm³/mol. The summed E-state index contributed by atoms with van der Waals surface area (Å²) in [6.45, 7) is 3.61. The van der Waals surface area contributed by atoms with Crippen molar-refractivity contribution in [1.82, 2.24) is 9.55 Å². The highest BCUT2D eigenvalue weighted by Crippen LogP contribution is 2.31. The fourth-order valence-electron chi connectivity index (χ4n) is 3.87. The van der Waals surface area contributed by atoms with E-state index in [9.17, 15) is 19.2 Å². The number of aryl methyl sites for hydroxylation is 2. The molecule has 1 aliphatic heterocycles. The Labute approximate surface area is 220 Å². The number of hydrogen-bond donors (Lipinski definition) is 1. The highest BCUT2D eigenvalue weighted by Gasteiger charge is 2.40. The molecule has 0 saturated carbocycles. The smallest absolute Gasteiger partial charge is 0.338 e. The second-order valence-corrected chi connectivity index (χ2v) is 9.21. The summed E-state index contributed by atoms with van der Waals surface area (Å²) < 4.78 is 18.4. The first-order valence-electron chi connectivity index (χ1n) is 11.5. The second-order valence-electron chi connectivity index (χ2n) is 8.68. The van der Waals surface area contributed by atoms with Crippen molar-refractivity contribution in [3.63, 3.8) is 0 Å². The molecular formula is C27H25BrN2O7. The van der Waals surface area contributed by atoms with E-state index in [1.807, 2.05) is 13.8 Å². The Hall–Kier alpha value is -3.76. The number of benzene rings is 2. The van der Waals surface area contributed by atoms with Crippen molar-refractivity contribution in [3.05, 3.63) is 108 Å². The number of esters is 2. The number of carbonyl (C=O) groups is 2. The minimum absolute atomic E-state index is 0.105. The van der Waals surface area contributed by atoms with Crippen molar-refractivity contribution in [1.29, 1.82) is 0 Å². The van der Waals surface area contributed by atoms with Crippen LogP contribution in [0, 0.1) is 13.8 Å². The lowest BCUT2D eigenvalue weighted by atomic mass is 10.1. The number of aromatic nitrogens is 2. The Balaban J connectivity index is 1.56. The second kappa shape index (κ2) is 11.5. The van der Waals surface area contributed by atoms with Crippen LogP contribution in [0.15, 0.2) is 69.3 Å². The molecule has 2 heterocycles. The highest BCUT2D eigenvalue weighted by atomic mass is 79.9. The summed E-state index contributed by atoms with van der Waals surface area (Å²) in [6.07, 6.45) is 0.420. The molecule has 192 valence electrons. The quantitative estimate of drug-likeness (QED) is 0.429. The molecule has 1 saturated heterocycles. The molecule has 0 aliphatic carbocycles. The fraction of sp³-hybridized carbons (Fsp3) is 0.259. The molecule has 1 fully saturated rings. The summed E-state index contributed by atoms with van der Waals surface area (Å²) >= 11 is 3.12. The van der Waals surface area contributed by atoms with E-state index in [0.717, 1.165) is 11.1 Å². The maximum absolute atomic E-state index is 12.8. The molecule has 1 aromatic heterocycles. The number of halogens is 1. The Morgan fingerprint density at radius 1 is 1.03 bits per heavy atom. The predicted octanol–water partition coefficient (Wildman–Crippen LogP) is 3.89. The van der Waals surface area contributed by atoms with E-state index in [1.54, 1.807) is 48.5 Å². The standard InChI is InChI=1S/C27H25BrN2O7/c1-16-3-7-18(8-4-16)25(32)35-15-22-21(37-26(33)19-9-5-17(2)6-10-19)13-23(36-22)30-14-20(11-12-28)24(31)29-27(30)34/h3-12,14,21-23H,13,15H2,1-2H3,(H,29,31,34)/b12-11+/t21-,22+,23+/m0/s1. The minimum atomic E-state index is -0.870. The number of nitrogens with zero attached hydrogens (tertiary/aromatic N) is 1. The molecule has 1 N–H and O–H groups in total. The summed E-state index contributed by atoms with van der Waals surface area (Å²) in [5, 5.41) is 0. The molecule has 10 heteroatoms. The van der Waals surface area contributed by atoms with Crippen LogP contribution in [-0.4, -0.2) is 40.3 Å². The molecule has 0 bridgehead atoms. The molecule has 0 unspecified atom stereocenters. The number of ether oxygens (including phenoxy) is 3. The van der Waals surface area contributed by atoms with Crippen LogP contribution in [0.2, 0.25) is 0 Å². The summed E-state index contributed by atoms with van der Waals surface area (Å²) in [5.74, 6) is -1.12. The van der Waals surface area contributed by atoms with Crippen LogP contribution in [0.4, 0.5) is 0 Å². The third-order valence-corrected chi connectivity index (χ3v) is 6.20. The Morgan fingerprint density at radius 2 is 1.62 bits per heavy atom. The highest BCUT2D eigenvalue weighted by molar-refractivity contribution is 9.11. The normalized spacial score (nSPS) is 19.2. The van der Waals surface area contributed by atoms with E-state index in [4.69, 9.17) is 14.2 Å². The average molecular weight is 569 g/mol. The minimum Gasteiger partial charge on any atom is -0.459 e. The van der Waals surface area contributed by atoms with Crippen molar-refractivity contribution in [3.8, 4) is 0 Å². The maximum Gasteiger partial charge on any atom is 0.338 e. The molecule has 0 spiro atoms. The molecule has 4 rings (SSSR count). The molecule has 0 radical (unpaired) electrons. The fourth-order valence-corrected chi connectivity index (χ4v) is 4.16. The van der Waals surface area contributed by atoms with Crippen LogP contribution in [0.5, 0.6) is 0 Å². The summed E-state index contributed by atoms with van der Waals surface area (Å²) in [7, 11) is 0. The van der Waals surface area contributed by atoms with E-state index in [-0.39, 0.29) is 18.6 Å². The van der Waals surface area contributed by atoms with Crippen LogP contribution in [0.1, 0.15) is 50.1 Å². The zero-order chi connectivity index (χ0) is 26.5. The zero-order valence-corrected chi connectivity index (χ0v) is 21.8. The largest absolute Gasteiger partial charge is 0.459 e. The third kappa shape index (κ3) is 6.33. The maximum atomic E-state index is 12.8. The third-order valence-electron chi connectivity index (χ3n) is 5.94. The van der Waals surface area contributed by atoms with Crippen molar-refractivity contribution in [2.75, 3.05) is 6.61 Å². The molecule has 9 nitrogen and oxygen atoms in total. The van der Waals surface area contributed by atoms with Gasteiger partial charge in [-0.25, -0.2) is 14.4 Å². The van der Waals surface area contributed by atoms with E-state index >= 15 is 0 Å². The van der Waals surface area contributed by atoms with Gasteiger partial charge in [0.05, 0.1) is 16.7 Å². The Kier molecular flexibility index (Phi) is 8.20. The lowest BCUT2D eigenvalue weighted by Crippen LogP contribution is -2.33. The summed E-state index contributed by atoms with van der Waals surface area (Å²) in [5.41, 5.74) is 1.72. The van der Waals surface area contributed by atoms with Crippen molar-refractivity contribution in [2.24, 2.45) is 0 Å². The van der Waals surface area contributed by atoms with Crippen LogP contribution in [-0.2, 0) is 14.2 Å². The van der Waals surface area contributed by atoms with Gasteiger partial charge < -0.3 is 14.2 Å². The van der Waals surface area contributed by atoms with E-state index in [2.05, 4.69) is 20.9 Å². The number of nitrogens with one attached hydrogen (secondary N) is 1. The topological polar surface area (TPSA) is 117 Å². The van der Waals surface area contributed by atoms with Crippen LogP contribution < -0.4 is 11.2 Å².